The Morgan fingerprint density at radius 3 is 2.83 bits per heavy atom. The lowest BCUT2D eigenvalue weighted by atomic mass is 10.1. The minimum absolute atomic E-state index is 0.128. The summed E-state index contributed by atoms with van der Waals surface area (Å²) in [6.45, 7) is 3.04. The van der Waals surface area contributed by atoms with E-state index in [0.29, 0.717) is 24.5 Å². The highest BCUT2D eigenvalue weighted by atomic mass is 32.2. The molecule has 0 radical (unpaired) electrons. The number of ether oxygens (including phenoxy) is 1. The number of aliphatic hydroxyl groups is 1. The molecule has 1 atom stereocenters. The van der Waals surface area contributed by atoms with Gasteiger partial charge in [0.1, 0.15) is 23.1 Å². The van der Waals surface area contributed by atoms with Gasteiger partial charge < -0.3 is 20.9 Å². The van der Waals surface area contributed by atoms with E-state index in [1.165, 1.54) is 18.2 Å². The molecule has 0 saturated heterocycles. The normalized spacial score (nSPS) is 12.5. The van der Waals surface area contributed by atoms with Crippen molar-refractivity contribution in [3.8, 4) is 5.75 Å². The minimum atomic E-state index is -4.20. The fourth-order valence-corrected chi connectivity index (χ4v) is 4.72. The number of nitrogens with one attached hydrogen (secondary N) is 3. The molecule has 0 aliphatic heterocycles. The number of aliphatic hydroxyl groups excluding tert-OH is 1. The third kappa shape index (κ3) is 5.88. The van der Waals surface area contributed by atoms with Gasteiger partial charge in [-0.3, -0.25) is 9.82 Å². The second-order valence-electron chi connectivity index (χ2n) is 8.02. The SMILES string of the molecule is Cc1[nH]nc2cc(OCCNCC(O)c3cccc(NS(=O)(=O)c4cc(N)ccc4F)c3)ccc12. The lowest BCUT2D eigenvalue weighted by molar-refractivity contribution is 0.172. The molecule has 0 saturated carbocycles. The quantitative estimate of drug-likeness (QED) is 0.167. The Morgan fingerprint density at radius 1 is 1.17 bits per heavy atom. The number of hydrogen-bond donors (Lipinski definition) is 5. The number of aryl methyl sites for hydroxylation is 1. The van der Waals surface area contributed by atoms with E-state index in [2.05, 4.69) is 20.2 Å². The number of halogens is 1. The standard InChI is InChI=1S/C24H26FN5O4S/c1-15-20-7-6-19(13-22(20)29-28-15)34-10-9-27-14-23(31)16-3-2-4-18(11-16)30-35(32,33)24-12-17(26)5-8-21(24)25/h2-8,11-13,23,27,30-31H,9-10,14,26H2,1H3,(H,28,29). The molecule has 0 spiro atoms. The first kappa shape index (κ1) is 24.5. The van der Waals surface area contributed by atoms with Crippen molar-refractivity contribution in [2.75, 3.05) is 30.2 Å². The van der Waals surface area contributed by atoms with Crippen LogP contribution in [-0.2, 0) is 10.0 Å². The van der Waals surface area contributed by atoms with Crippen molar-refractivity contribution >= 4 is 32.3 Å². The molecule has 0 aliphatic carbocycles. The van der Waals surface area contributed by atoms with E-state index in [-0.39, 0.29) is 17.9 Å². The van der Waals surface area contributed by atoms with E-state index in [9.17, 15) is 17.9 Å². The van der Waals surface area contributed by atoms with Crippen LogP contribution < -0.4 is 20.5 Å². The zero-order chi connectivity index (χ0) is 25.0. The molecule has 4 aromatic rings. The van der Waals surface area contributed by atoms with Crippen LogP contribution in [0.3, 0.4) is 0 Å². The third-order valence-corrected chi connectivity index (χ3v) is 6.77. The van der Waals surface area contributed by atoms with Crippen LogP contribution in [0.2, 0.25) is 0 Å². The molecular weight excluding hydrogens is 473 g/mol. The Kier molecular flexibility index (Phi) is 7.20. The predicted molar refractivity (Wildman–Crippen MR) is 132 cm³/mol. The summed E-state index contributed by atoms with van der Waals surface area (Å²) < 4.78 is 47.3. The van der Waals surface area contributed by atoms with Gasteiger partial charge >= 0.3 is 0 Å². The van der Waals surface area contributed by atoms with Gasteiger partial charge in [-0.1, -0.05) is 12.1 Å². The number of nitrogens with two attached hydrogens (primary N) is 1. The largest absolute Gasteiger partial charge is 0.492 e. The number of nitrogens with zero attached hydrogens (tertiary/aromatic N) is 1. The average molecular weight is 500 g/mol. The van der Waals surface area contributed by atoms with Gasteiger partial charge in [0.25, 0.3) is 10.0 Å². The van der Waals surface area contributed by atoms with Crippen molar-refractivity contribution in [1.29, 1.82) is 0 Å². The number of sulfonamides is 1. The number of fused-ring (bicyclic) bond motifs is 1. The topological polar surface area (TPSA) is 142 Å². The summed E-state index contributed by atoms with van der Waals surface area (Å²) in [6.07, 6.45) is -0.896. The molecule has 1 unspecified atom stereocenters. The highest BCUT2D eigenvalue weighted by Gasteiger charge is 2.20. The molecule has 3 aromatic carbocycles. The number of H-pyrrole nitrogens is 1. The maximum absolute atomic E-state index is 14.0. The van der Waals surface area contributed by atoms with Crippen LogP contribution in [0.5, 0.6) is 5.75 Å². The van der Waals surface area contributed by atoms with E-state index in [1.807, 2.05) is 25.1 Å². The number of aromatic amines is 1. The first-order valence-corrected chi connectivity index (χ1v) is 12.4. The number of hydrogen-bond acceptors (Lipinski definition) is 7. The first-order chi connectivity index (χ1) is 16.7. The summed E-state index contributed by atoms with van der Waals surface area (Å²) in [7, 11) is -4.20. The zero-order valence-electron chi connectivity index (χ0n) is 19.0. The second-order valence-corrected chi connectivity index (χ2v) is 9.67. The molecule has 4 rings (SSSR count). The summed E-state index contributed by atoms with van der Waals surface area (Å²) in [5.41, 5.74) is 8.23. The highest BCUT2D eigenvalue weighted by molar-refractivity contribution is 7.92. The Hall–Kier alpha value is -3.67. The van der Waals surface area contributed by atoms with Crippen molar-refractivity contribution < 1.29 is 22.7 Å². The van der Waals surface area contributed by atoms with Gasteiger partial charge in [-0.25, -0.2) is 12.8 Å². The van der Waals surface area contributed by atoms with E-state index >= 15 is 0 Å². The van der Waals surface area contributed by atoms with Crippen LogP contribution in [0, 0.1) is 12.7 Å². The van der Waals surface area contributed by atoms with Gasteiger partial charge in [0.05, 0.1) is 11.6 Å². The van der Waals surface area contributed by atoms with Crippen LogP contribution in [0.4, 0.5) is 15.8 Å². The van der Waals surface area contributed by atoms with Gasteiger partial charge in [-0.15, -0.1) is 0 Å². The summed E-state index contributed by atoms with van der Waals surface area (Å²) in [5.74, 6) is -0.211. The summed E-state index contributed by atoms with van der Waals surface area (Å²) in [5, 5.41) is 21.8. The second kappa shape index (κ2) is 10.3. The van der Waals surface area contributed by atoms with Gasteiger partial charge in [0.15, 0.2) is 0 Å². The van der Waals surface area contributed by atoms with Crippen molar-refractivity contribution in [3.63, 3.8) is 0 Å². The number of anilines is 2. The van der Waals surface area contributed by atoms with Crippen LogP contribution >= 0.6 is 0 Å². The van der Waals surface area contributed by atoms with E-state index in [1.54, 1.807) is 12.1 Å². The molecule has 0 aliphatic rings. The lowest BCUT2D eigenvalue weighted by Crippen LogP contribution is -2.26. The lowest BCUT2D eigenvalue weighted by Gasteiger charge is -2.15. The molecule has 1 heterocycles. The highest BCUT2D eigenvalue weighted by Crippen LogP contribution is 2.24. The Labute approximate surface area is 202 Å². The zero-order valence-corrected chi connectivity index (χ0v) is 19.8. The molecule has 11 heteroatoms. The number of rotatable bonds is 10. The van der Waals surface area contributed by atoms with Crippen molar-refractivity contribution in [3.05, 3.63) is 77.7 Å². The molecule has 0 amide bonds. The average Bonchev–Trinajstić information content (AvgIpc) is 3.20. The third-order valence-electron chi connectivity index (χ3n) is 5.37. The molecule has 6 N–H and O–H groups in total. The summed E-state index contributed by atoms with van der Waals surface area (Å²) >= 11 is 0. The van der Waals surface area contributed by atoms with Crippen molar-refractivity contribution in [1.82, 2.24) is 15.5 Å². The van der Waals surface area contributed by atoms with Crippen LogP contribution in [0.1, 0.15) is 17.4 Å². The fourth-order valence-electron chi connectivity index (χ4n) is 3.56. The van der Waals surface area contributed by atoms with E-state index in [4.69, 9.17) is 10.5 Å². The molecular formula is C24H26FN5O4S. The van der Waals surface area contributed by atoms with Crippen molar-refractivity contribution in [2.24, 2.45) is 0 Å². The molecule has 184 valence electrons. The molecule has 0 fully saturated rings. The number of benzene rings is 3. The number of aromatic nitrogens is 2. The van der Waals surface area contributed by atoms with Crippen LogP contribution in [-0.4, -0.2) is 43.4 Å². The first-order valence-electron chi connectivity index (χ1n) is 10.9. The monoisotopic (exact) mass is 499 g/mol. The van der Waals surface area contributed by atoms with Crippen LogP contribution in [0.25, 0.3) is 10.9 Å². The maximum atomic E-state index is 14.0. The number of nitrogen functional groups attached to an aromatic ring is 1. The van der Waals surface area contributed by atoms with Crippen LogP contribution in [0.15, 0.2) is 65.6 Å². The molecule has 35 heavy (non-hydrogen) atoms. The van der Waals surface area contributed by atoms with Crippen molar-refractivity contribution in [2.45, 2.75) is 17.9 Å². The smallest absolute Gasteiger partial charge is 0.264 e. The Balaban J connectivity index is 1.29. The van der Waals surface area contributed by atoms with E-state index < -0.39 is 26.8 Å². The minimum Gasteiger partial charge on any atom is -0.492 e. The summed E-state index contributed by atoms with van der Waals surface area (Å²) in [6, 6.07) is 15.3. The molecule has 9 nitrogen and oxygen atoms in total. The van der Waals surface area contributed by atoms with Gasteiger partial charge in [-0.05, 0) is 55.0 Å². The fraction of sp³-hybridized carbons (Fsp3) is 0.208. The van der Waals surface area contributed by atoms with Gasteiger partial charge in [0, 0.05) is 41.6 Å². The summed E-state index contributed by atoms with van der Waals surface area (Å²) in [4.78, 5) is -0.549. The maximum Gasteiger partial charge on any atom is 0.264 e. The van der Waals surface area contributed by atoms with Gasteiger partial charge in [-0.2, -0.15) is 5.10 Å². The molecule has 1 aromatic heterocycles. The predicted octanol–water partition coefficient (Wildman–Crippen LogP) is 3.10. The van der Waals surface area contributed by atoms with Gasteiger partial charge in [0.2, 0.25) is 0 Å². The van der Waals surface area contributed by atoms with E-state index in [0.717, 1.165) is 28.7 Å². The Morgan fingerprint density at radius 2 is 2.00 bits per heavy atom. The Bertz CT molecular complexity index is 1440. The molecule has 0 bridgehead atoms.